The molecule has 1 aliphatic rings. The minimum absolute atomic E-state index is 0.00400. The number of aryl methyl sites for hydroxylation is 1. The molecule has 0 fully saturated rings. The third-order valence-corrected chi connectivity index (χ3v) is 5.93. The highest BCUT2D eigenvalue weighted by atomic mass is 19.4. The minimum Gasteiger partial charge on any atom is -0.370 e. The summed E-state index contributed by atoms with van der Waals surface area (Å²) in [5.74, 6) is -1.62. The number of hydrogen-bond acceptors (Lipinski definition) is 3. The number of amides is 3. The number of anilines is 2. The van der Waals surface area contributed by atoms with E-state index in [1.54, 1.807) is 36.4 Å². The predicted molar refractivity (Wildman–Crippen MR) is 126 cm³/mol. The van der Waals surface area contributed by atoms with Crippen molar-refractivity contribution in [2.45, 2.75) is 31.1 Å². The highest BCUT2D eigenvalue weighted by molar-refractivity contribution is 6.07. The number of carbonyl (C=O) groups is 3. The quantitative estimate of drug-likeness (QED) is 0.391. The molecule has 3 aromatic rings. The van der Waals surface area contributed by atoms with Gasteiger partial charge in [-0.2, -0.15) is 13.2 Å². The van der Waals surface area contributed by atoms with E-state index < -0.39 is 41.6 Å². The number of alkyl halides is 4. The summed E-state index contributed by atoms with van der Waals surface area (Å²) in [4.78, 5) is 36.0. The second-order valence-corrected chi connectivity index (χ2v) is 8.54. The van der Waals surface area contributed by atoms with Gasteiger partial charge in [0.15, 0.2) is 5.67 Å². The summed E-state index contributed by atoms with van der Waals surface area (Å²) in [7, 11) is 0. The van der Waals surface area contributed by atoms with Gasteiger partial charge >= 0.3 is 12.2 Å². The zero-order chi connectivity index (χ0) is 26.1. The molecule has 0 radical (unpaired) electrons. The first-order chi connectivity index (χ1) is 16.9. The van der Waals surface area contributed by atoms with Crippen molar-refractivity contribution in [2.24, 2.45) is 5.73 Å². The van der Waals surface area contributed by atoms with Crippen LogP contribution in [0.1, 0.15) is 34.3 Å². The number of benzene rings is 3. The minimum atomic E-state index is -4.52. The summed E-state index contributed by atoms with van der Waals surface area (Å²) < 4.78 is 53.5. The van der Waals surface area contributed by atoms with Gasteiger partial charge in [0, 0.05) is 16.9 Å². The van der Waals surface area contributed by atoms with Crippen molar-refractivity contribution in [3.63, 3.8) is 0 Å². The zero-order valence-electron chi connectivity index (χ0n) is 18.8. The molecule has 0 bridgehead atoms. The molecule has 10 heteroatoms. The average Bonchev–Trinajstić information content (AvgIpc) is 2.81. The molecule has 0 aliphatic heterocycles. The number of urea groups is 1. The molecular weight excluding hydrogens is 478 g/mol. The van der Waals surface area contributed by atoms with Crippen molar-refractivity contribution in [2.75, 3.05) is 10.6 Å². The molecule has 1 aliphatic carbocycles. The molecule has 186 valence electrons. The van der Waals surface area contributed by atoms with Gasteiger partial charge in [0.2, 0.25) is 11.7 Å². The van der Waals surface area contributed by atoms with Gasteiger partial charge in [-0.25, -0.2) is 9.18 Å². The van der Waals surface area contributed by atoms with Crippen LogP contribution < -0.4 is 16.4 Å². The van der Waals surface area contributed by atoms with Gasteiger partial charge in [0.05, 0.1) is 12.0 Å². The maximum absolute atomic E-state index is 14.9. The Labute approximate surface area is 203 Å². The molecule has 1 unspecified atom stereocenters. The lowest BCUT2D eigenvalue weighted by atomic mass is 9.78. The van der Waals surface area contributed by atoms with E-state index >= 15 is 0 Å². The van der Waals surface area contributed by atoms with E-state index in [9.17, 15) is 31.9 Å². The van der Waals surface area contributed by atoms with Crippen LogP contribution in [-0.4, -0.2) is 23.4 Å². The van der Waals surface area contributed by atoms with Crippen LogP contribution >= 0.6 is 0 Å². The lowest BCUT2D eigenvalue weighted by Gasteiger charge is -2.29. The van der Waals surface area contributed by atoms with Crippen molar-refractivity contribution in [3.05, 3.63) is 83.4 Å². The largest absolute Gasteiger partial charge is 0.416 e. The van der Waals surface area contributed by atoms with Gasteiger partial charge in [0.25, 0.3) is 0 Å². The van der Waals surface area contributed by atoms with E-state index in [2.05, 4.69) is 10.6 Å². The van der Waals surface area contributed by atoms with Gasteiger partial charge in [-0.1, -0.05) is 36.4 Å². The Balaban J connectivity index is 1.44. The van der Waals surface area contributed by atoms with Crippen LogP contribution in [0.4, 0.5) is 33.7 Å². The number of rotatable bonds is 5. The van der Waals surface area contributed by atoms with Crippen molar-refractivity contribution < 1.29 is 31.9 Å². The number of fused-ring (bicyclic) bond motifs is 1. The maximum Gasteiger partial charge on any atom is 0.416 e. The fourth-order valence-electron chi connectivity index (χ4n) is 4.15. The molecule has 0 saturated carbocycles. The molecule has 36 heavy (non-hydrogen) atoms. The molecule has 4 rings (SSSR count). The van der Waals surface area contributed by atoms with Crippen molar-refractivity contribution in [3.8, 4) is 11.1 Å². The third kappa shape index (κ3) is 5.37. The van der Waals surface area contributed by atoms with Crippen molar-refractivity contribution in [1.82, 2.24) is 0 Å². The molecule has 1 atom stereocenters. The van der Waals surface area contributed by atoms with Crippen LogP contribution in [0.15, 0.2) is 66.7 Å². The Kier molecular flexibility index (Phi) is 6.53. The summed E-state index contributed by atoms with van der Waals surface area (Å²) in [6.45, 7) is 0. The number of carbonyl (C=O) groups excluding carboxylic acids is 3. The first kappa shape index (κ1) is 24.9. The fraction of sp³-hybridized carbons (Fsp3) is 0.192. The Morgan fingerprint density at radius 1 is 0.917 bits per heavy atom. The van der Waals surface area contributed by atoms with Gasteiger partial charge in [-0.3, -0.25) is 9.59 Å². The van der Waals surface area contributed by atoms with E-state index in [-0.39, 0.29) is 24.1 Å². The monoisotopic (exact) mass is 499 g/mol. The summed E-state index contributed by atoms with van der Waals surface area (Å²) in [5, 5.41) is 4.92. The summed E-state index contributed by atoms with van der Waals surface area (Å²) in [6.07, 6.45) is -5.03. The van der Waals surface area contributed by atoms with E-state index in [0.717, 1.165) is 23.3 Å². The second-order valence-electron chi connectivity index (χ2n) is 8.54. The van der Waals surface area contributed by atoms with Crippen LogP contribution in [0, 0.1) is 0 Å². The maximum atomic E-state index is 14.9. The van der Waals surface area contributed by atoms with Crippen molar-refractivity contribution >= 4 is 29.1 Å². The highest BCUT2D eigenvalue weighted by Gasteiger charge is 2.44. The van der Waals surface area contributed by atoms with Gasteiger partial charge in [-0.05, 0) is 59.9 Å². The Bertz CT molecular complexity index is 1340. The predicted octanol–water partition coefficient (Wildman–Crippen LogP) is 5.73. The highest BCUT2D eigenvalue weighted by Crippen LogP contribution is 2.36. The smallest absolute Gasteiger partial charge is 0.370 e. The second kappa shape index (κ2) is 9.44. The molecule has 4 N–H and O–H groups in total. The molecule has 0 saturated heterocycles. The van der Waals surface area contributed by atoms with Gasteiger partial charge < -0.3 is 16.4 Å². The zero-order valence-corrected chi connectivity index (χ0v) is 18.8. The normalized spacial score (nSPS) is 17.3. The van der Waals surface area contributed by atoms with E-state index in [0.29, 0.717) is 11.3 Å². The number of halogens is 4. The summed E-state index contributed by atoms with van der Waals surface area (Å²) in [5.41, 5.74) is 4.75. The van der Waals surface area contributed by atoms with Crippen LogP contribution in [0.5, 0.6) is 0 Å². The number of hydrogen-bond donors (Lipinski definition) is 3. The van der Waals surface area contributed by atoms with Crippen molar-refractivity contribution in [1.29, 1.82) is 0 Å². The number of primary amides is 1. The third-order valence-electron chi connectivity index (χ3n) is 5.93. The van der Waals surface area contributed by atoms with E-state index in [1.807, 2.05) is 0 Å². The van der Waals surface area contributed by atoms with Crippen LogP contribution in [0.3, 0.4) is 0 Å². The Morgan fingerprint density at radius 3 is 2.25 bits per heavy atom. The number of nitrogens with two attached hydrogens (primary N) is 1. The van der Waals surface area contributed by atoms with E-state index in [4.69, 9.17) is 5.73 Å². The van der Waals surface area contributed by atoms with Gasteiger partial charge in [-0.15, -0.1) is 0 Å². The van der Waals surface area contributed by atoms with Crippen LogP contribution in [0.25, 0.3) is 11.1 Å². The molecule has 6 nitrogen and oxygen atoms in total. The summed E-state index contributed by atoms with van der Waals surface area (Å²) in [6, 6.07) is 15.2. The van der Waals surface area contributed by atoms with E-state index in [1.165, 1.54) is 18.2 Å². The fourth-order valence-corrected chi connectivity index (χ4v) is 4.15. The Hall–Kier alpha value is -4.21. The summed E-state index contributed by atoms with van der Waals surface area (Å²) >= 11 is 0. The molecule has 0 spiro atoms. The lowest BCUT2D eigenvalue weighted by molar-refractivity contribution is -0.137. The molecule has 3 amide bonds. The Morgan fingerprint density at radius 2 is 1.58 bits per heavy atom. The molecule has 0 heterocycles. The van der Waals surface area contributed by atoms with Crippen LogP contribution in [-0.2, 0) is 17.4 Å². The molecular formula is C26H21F4N3O3. The molecule has 3 aromatic carbocycles. The van der Waals surface area contributed by atoms with Gasteiger partial charge in [0.1, 0.15) is 0 Å². The SMILES string of the molecule is NC(=O)CC1(F)CCc2cc(-c3ccc(NC(=O)Nc4cccc(C(F)(F)F)c4)cc3)ccc2C1=O. The average molecular weight is 499 g/mol. The first-order valence-electron chi connectivity index (χ1n) is 11.0. The first-order valence-corrected chi connectivity index (χ1v) is 11.0. The van der Waals surface area contributed by atoms with Crippen LogP contribution in [0.2, 0.25) is 0 Å². The number of nitrogens with one attached hydrogen (secondary N) is 2. The molecule has 0 aromatic heterocycles. The number of ketones is 1. The number of Topliss-reactive ketones (excluding diaryl/α,β-unsaturated/α-hetero) is 1. The standard InChI is InChI=1S/C26H21F4N3O3/c27-25(14-22(31)34)11-10-17-12-16(6-9-21(17)23(25)35)15-4-7-19(8-5-15)32-24(36)33-20-3-1-2-18(13-20)26(28,29)30/h1-9,12-13H,10-11,14H2,(H2,31,34)(H2,32,33,36). The lowest BCUT2D eigenvalue weighted by Crippen LogP contribution is -2.42. The topological polar surface area (TPSA) is 101 Å².